The Bertz CT molecular complexity index is 890. The van der Waals surface area contributed by atoms with Gasteiger partial charge in [-0.3, -0.25) is 4.79 Å². The minimum atomic E-state index is -0.167. The number of hydrogen-bond donors (Lipinski definition) is 1. The molecule has 8 heteroatoms. The standard InChI is InChI=1S/C14H13BrN4O2S/c1-3-8-7-12(20)19-14(17-8)22-13(18-19)16-9-4-5-10(15)11(6-9)21-2/h4-7H,3H2,1-2H3,(H,16,18). The SMILES string of the molecule is CCc1cc(=O)n2nc(Nc3ccc(Br)c(OC)c3)sc2n1. The van der Waals surface area contributed by atoms with Crippen LogP contribution in [0.1, 0.15) is 12.6 Å². The summed E-state index contributed by atoms with van der Waals surface area (Å²) < 4.78 is 7.44. The van der Waals surface area contributed by atoms with Crippen molar-refractivity contribution in [3.8, 4) is 5.75 Å². The summed E-state index contributed by atoms with van der Waals surface area (Å²) in [4.78, 5) is 17.0. The first kappa shape index (κ1) is 15.0. The molecule has 1 N–H and O–H groups in total. The molecule has 0 aliphatic rings. The molecule has 0 saturated heterocycles. The number of nitrogens with zero attached hydrogens (tertiary/aromatic N) is 3. The molecule has 22 heavy (non-hydrogen) atoms. The van der Waals surface area contributed by atoms with E-state index < -0.39 is 0 Å². The Balaban J connectivity index is 1.97. The molecular formula is C14H13BrN4O2S. The number of benzene rings is 1. The molecule has 3 rings (SSSR count). The highest BCUT2D eigenvalue weighted by atomic mass is 79.9. The number of fused-ring (bicyclic) bond motifs is 1. The Labute approximate surface area is 138 Å². The van der Waals surface area contributed by atoms with E-state index in [1.54, 1.807) is 7.11 Å². The zero-order valence-electron chi connectivity index (χ0n) is 12.0. The summed E-state index contributed by atoms with van der Waals surface area (Å²) in [6.07, 6.45) is 0.719. The minimum Gasteiger partial charge on any atom is -0.495 e. The number of aromatic nitrogens is 3. The molecule has 114 valence electrons. The summed E-state index contributed by atoms with van der Waals surface area (Å²) in [5.74, 6) is 0.717. The van der Waals surface area contributed by atoms with E-state index in [0.717, 1.165) is 28.0 Å². The van der Waals surface area contributed by atoms with E-state index in [4.69, 9.17) is 4.74 Å². The molecule has 0 fully saturated rings. The zero-order chi connectivity index (χ0) is 15.7. The van der Waals surface area contributed by atoms with Crippen molar-refractivity contribution in [2.45, 2.75) is 13.3 Å². The van der Waals surface area contributed by atoms with Crippen LogP contribution in [-0.2, 0) is 6.42 Å². The first-order valence-electron chi connectivity index (χ1n) is 6.61. The van der Waals surface area contributed by atoms with Crippen LogP contribution in [0.3, 0.4) is 0 Å². The van der Waals surface area contributed by atoms with E-state index in [1.807, 2.05) is 25.1 Å². The largest absolute Gasteiger partial charge is 0.495 e. The number of aryl methyl sites for hydroxylation is 1. The van der Waals surface area contributed by atoms with Crippen LogP contribution in [0.5, 0.6) is 5.75 Å². The average molecular weight is 381 g/mol. The van der Waals surface area contributed by atoms with Crippen LogP contribution in [0.15, 0.2) is 33.5 Å². The van der Waals surface area contributed by atoms with Gasteiger partial charge in [-0.15, -0.1) is 5.10 Å². The second-order valence-electron chi connectivity index (χ2n) is 4.52. The second-order valence-corrected chi connectivity index (χ2v) is 6.33. The summed E-state index contributed by atoms with van der Waals surface area (Å²) in [6.45, 7) is 1.96. The van der Waals surface area contributed by atoms with Crippen molar-refractivity contribution in [2.24, 2.45) is 0 Å². The Hall–Kier alpha value is -1.93. The maximum Gasteiger partial charge on any atom is 0.275 e. The van der Waals surface area contributed by atoms with Crippen molar-refractivity contribution in [1.82, 2.24) is 14.6 Å². The Morgan fingerprint density at radius 2 is 2.23 bits per heavy atom. The number of ether oxygens (including phenoxy) is 1. The van der Waals surface area contributed by atoms with Gasteiger partial charge in [-0.05, 0) is 34.5 Å². The third-order valence-corrected chi connectivity index (χ3v) is 4.54. The summed E-state index contributed by atoms with van der Waals surface area (Å²) in [5.41, 5.74) is 1.42. The molecule has 1 aromatic carbocycles. The van der Waals surface area contributed by atoms with Gasteiger partial charge < -0.3 is 10.1 Å². The average Bonchev–Trinajstić information content (AvgIpc) is 2.92. The van der Waals surface area contributed by atoms with E-state index in [9.17, 15) is 4.79 Å². The molecule has 0 bridgehead atoms. The molecule has 2 aromatic heterocycles. The third kappa shape index (κ3) is 2.84. The predicted octanol–water partition coefficient (Wildman–Crippen LogP) is 3.23. The van der Waals surface area contributed by atoms with Crippen molar-refractivity contribution in [3.63, 3.8) is 0 Å². The molecule has 0 aliphatic carbocycles. The summed E-state index contributed by atoms with van der Waals surface area (Å²) in [5, 5.41) is 8.02. The highest BCUT2D eigenvalue weighted by molar-refractivity contribution is 9.10. The number of halogens is 1. The van der Waals surface area contributed by atoms with Crippen LogP contribution in [0.4, 0.5) is 10.8 Å². The van der Waals surface area contributed by atoms with Crippen molar-refractivity contribution in [2.75, 3.05) is 12.4 Å². The molecule has 0 spiro atoms. The molecule has 0 amide bonds. The lowest BCUT2D eigenvalue weighted by Crippen LogP contribution is -2.15. The lowest BCUT2D eigenvalue weighted by molar-refractivity contribution is 0.412. The number of rotatable bonds is 4. The molecule has 6 nitrogen and oxygen atoms in total. The van der Waals surface area contributed by atoms with Gasteiger partial charge in [0.25, 0.3) is 5.56 Å². The maximum atomic E-state index is 12.0. The highest BCUT2D eigenvalue weighted by Gasteiger charge is 2.09. The predicted molar refractivity (Wildman–Crippen MR) is 90.5 cm³/mol. The highest BCUT2D eigenvalue weighted by Crippen LogP contribution is 2.30. The lowest BCUT2D eigenvalue weighted by Gasteiger charge is -2.06. The second kappa shape index (κ2) is 6.05. The number of nitrogens with one attached hydrogen (secondary N) is 1. The van der Waals surface area contributed by atoms with Gasteiger partial charge in [0.1, 0.15) is 5.75 Å². The third-order valence-electron chi connectivity index (χ3n) is 3.06. The van der Waals surface area contributed by atoms with Crippen LogP contribution in [0, 0.1) is 0 Å². The van der Waals surface area contributed by atoms with E-state index in [0.29, 0.717) is 10.1 Å². The molecule has 0 atom stereocenters. The van der Waals surface area contributed by atoms with Crippen molar-refractivity contribution in [3.05, 3.63) is 44.8 Å². The summed E-state index contributed by atoms with van der Waals surface area (Å²) >= 11 is 4.74. The van der Waals surface area contributed by atoms with E-state index in [-0.39, 0.29) is 5.56 Å². The fourth-order valence-corrected chi connectivity index (χ4v) is 3.20. The number of methoxy groups -OCH3 is 1. The smallest absolute Gasteiger partial charge is 0.275 e. The van der Waals surface area contributed by atoms with Crippen molar-refractivity contribution >= 4 is 43.0 Å². The summed E-state index contributed by atoms with van der Waals surface area (Å²) in [6, 6.07) is 7.14. The van der Waals surface area contributed by atoms with Crippen LogP contribution >= 0.6 is 27.3 Å². The Morgan fingerprint density at radius 1 is 1.41 bits per heavy atom. The van der Waals surface area contributed by atoms with Gasteiger partial charge in [0.2, 0.25) is 10.1 Å². The van der Waals surface area contributed by atoms with E-state index >= 15 is 0 Å². The van der Waals surface area contributed by atoms with Gasteiger partial charge >= 0.3 is 0 Å². The van der Waals surface area contributed by atoms with E-state index in [1.165, 1.54) is 21.9 Å². The van der Waals surface area contributed by atoms with Crippen molar-refractivity contribution in [1.29, 1.82) is 0 Å². The molecular weight excluding hydrogens is 368 g/mol. The molecule has 0 saturated carbocycles. The van der Waals surface area contributed by atoms with Gasteiger partial charge in [-0.1, -0.05) is 18.3 Å². The number of anilines is 2. The van der Waals surface area contributed by atoms with Crippen LogP contribution in [-0.4, -0.2) is 21.7 Å². The quantitative estimate of drug-likeness (QED) is 0.752. The normalized spacial score (nSPS) is 10.9. The number of hydrogen-bond acceptors (Lipinski definition) is 6. The first-order chi connectivity index (χ1) is 10.6. The fourth-order valence-electron chi connectivity index (χ4n) is 1.95. The Kier molecular flexibility index (Phi) is 4.12. The van der Waals surface area contributed by atoms with Crippen LogP contribution in [0.25, 0.3) is 4.96 Å². The topological polar surface area (TPSA) is 68.5 Å². The molecule has 0 aliphatic heterocycles. The zero-order valence-corrected chi connectivity index (χ0v) is 14.4. The monoisotopic (exact) mass is 380 g/mol. The van der Waals surface area contributed by atoms with Gasteiger partial charge in [-0.25, -0.2) is 4.98 Å². The Morgan fingerprint density at radius 3 is 2.95 bits per heavy atom. The van der Waals surface area contributed by atoms with Crippen molar-refractivity contribution < 1.29 is 4.74 Å². The van der Waals surface area contributed by atoms with Crippen LogP contribution < -0.4 is 15.6 Å². The van der Waals surface area contributed by atoms with Gasteiger partial charge in [0, 0.05) is 23.5 Å². The van der Waals surface area contributed by atoms with Crippen LogP contribution in [0.2, 0.25) is 0 Å². The maximum absolute atomic E-state index is 12.0. The van der Waals surface area contributed by atoms with Gasteiger partial charge in [0.05, 0.1) is 11.6 Å². The minimum absolute atomic E-state index is 0.167. The van der Waals surface area contributed by atoms with Gasteiger partial charge in [0.15, 0.2) is 0 Å². The molecule has 3 aromatic rings. The molecule has 0 radical (unpaired) electrons. The van der Waals surface area contributed by atoms with Gasteiger partial charge in [-0.2, -0.15) is 4.52 Å². The first-order valence-corrected chi connectivity index (χ1v) is 8.22. The van der Waals surface area contributed by atoms with E-state index in [2.05, 4.69) is 31.3 Å². The molecule has 2 heterocycles. The lowest BCUT2D eigenvalue weighted by atomic mass is 10.3. The fraction of sp³-hybridized carbons (Fsp3) is 0.214. The summed E-state index contributed by atoms with van der Waals surface area (Å²) in [7, 11) is 1.61. The molecule has 0 unspecified atom stereocenters.